The van der Waals surface area contributed by atoms with Crippen molar-refractivity contribution in [2.45, 2.75) is 19.5 Å². The number of benzene rings is 1. The van der Waals surface area contributed by atoms with Gasteiger partial charge in [-0.05, 0) is 47.7 Å². The first-order valence-corrected chi connectivity index (χ1v) is 12.6. The largest absolute Gasteiger partial charge is 0.467 e. The zero-order valence-electron chi connectivity index (χ0n) is 19.6. The van der Waals surface area contributed by atoms with Gasteiger partial charge in [0.15, 0.2) is 0 Å². The summed E-state index contributed by atoms with van der Waals surface area (Å²) >= 11 is 1.37. The monoisotopic (exact) mass is 499 g/mol. The molecular weight excluding hydrogens is 469 g/mol. The average Bonchev–Trinajstić information content (AvgIpc) is 3.59. The van der Waals surface area contributed by atoms with Crippen LogP contribution in [0.4, 0.5) is 4.39 Å². The van der Waals surface area contributed by atoms with Gasteiger partial charge in [-0.2, -0.15) is 0 Å². The highest BCUT2D eigenvalue weighted by Crippen LogP contribution is 2.16. The molecule has 35 heavy (non-hydrogen) atoms. The molecular formula is C26H30FN3O4S. The highest BCUT2D eigenvalue weighted by atomic mass is 32.1. The molecule has 3 heterocycles. The van der Waals surface area contributed by atoms with Gasteiger partial charge < -0.3 is 19.0 Å². The van der Waals surface area contributed by atoms with E-state index in [1.54, 1.807) is 40.3 Å². The molecule has 1 aromatic carbocycles. The highest BCUT2D eigenvalue weighted by molar-refractivity contribution is 7.12. The van der Waals surface area contributed by atoms with Crippen molar-refractivity contribution in [2.24, 2.45) is 0 Å². The first-order valence-electron chi connectivity index (χ1n) is 11.8. The molecule has 0 bridgehead atoms. The Morgan fingerprint density at radius 3 is 2.49 bits per heavy atom. The van der Waals surface area contributed by atoms with E-state index in [2.05, 4.69) is 4.90 Å². The summed E-state index contributed by atoms with van der Waals surface area (Å²) in [7, 11) is 0. The standard InChI is InChI=1S/C26H30FN3O4S/c27-22-8-6-21(7-9-22)18-30(19-23-4-1-14-34-23)25(31)20-29(26(32)24-5-2-17-35-24)11-3-10-28-12-15-33-16-13-28/h1-2,4-9,14,17H,3,10-13,15-16,18-20H2. The first kappa shape index (κ1) is 25.1. The zero-order valence-corrected chi connectivity index (χ0v) is 20.4. The number of furan rings is 1. The van der Waals surface area contributed by atoms with Gasteiger partial charge in [0, 0.05) is 32.7 Å². The van der Waals surface area contributed by atoms with Crippen LogP contribution in [0.2, 0.25) is 0 Å². The minimum Gasteiger partial charge on any atom is -0.467 e. The molecule has 4 rings (SSSR count). The van der Waals surface area contributed by atoms with E-state index in [0.29, 0.717) is 17.2 Å². The molecule has 0 atom stereocenters. The van der Waals surface area contributed by atoms with Gasteiger partial charge in [0.05, 0.1) is 30.9 Å². The van der Waals surface area contributed by atoms with Crippen LogP contribution < -0.4 is 0 Å². The van der Waals surface area contributed by atoms with Crippen LogP contribution in [0.15, 0.2) is 64.6 Å². The van der Waals surface area contributed by atoms with E-state index in [-0.39, 0.29) is 37.3 Å². The van der Waals surface area contributed by atoms with Crippen molar-refractivity contribution in [3.63, 3.8) is 0 Å². The fourth-order valence-electron chi connectivity index (χ4n) is 4.01. The average molecular weight is 500 g/mol. The second-order valence-corrected chi connectivity index (χ2v) is 9.41. The molecule has 9 heteroatoms. The van der Waals surface area contributed by atoms with Crippen LogP contribution in [-0.2, 0) is 22.6 Å². The SMILES string of the molecule is O=C(CN(CCCN1CCOCC1)C(=O)c1cccs1)N(Cc1ccc(F)cc1)Cc1ccco1. The number of hydrogen-bond donors (Lipinski definition) is 0. The van der Waals surface area contributed by atoms with E-state index in [1.165, 1.54) is 23.5 Å². The van der Waals surface area contributed by atoms with Gasteiger partial charge in [-0.25, -0.2) is 4.39 Å². The quantitative estimate of drug-likeness (QED) is 0.401. The fourth-order valence-corrected chi connectivity index (χ4v) is 4.71. The topological polar surface area (TPSA) is 66.2 Å². The molecule has 1 fully saturated rings. The molecule has 1 saturated heterocycles. The number of hydrogen-bond acceptors (Lipinski definition) is 6. The summed E-state index contributed by atoms with van der Waals surface area (Å²) in [6.45, 7) is 5.04. The number of carbonyl (C=O) groups is 2. The Kier molecular flexibility index (Phi) is 9.05. The number of halogens is 1. The minimum atomic E-state index is -0.328. The number of rotatable bonds is 11. The van der Waals surface area contributed by atoms with Crippen molar-refractivity contribution >= 4 is 23.2 Å². The van der Waals surface area contributed by atoms with E-state index in [9.17, 15) is 14.0 Å². The van der Waals surface area contributed by atoms with Gasteiger partial charge in [-0.15, -0.1) is 11.3 Å². The van der Waals surface area contributed by atoms with Gasteiger partial charge in [0.2, 0.25) is 5.91 Å². The number of thiophene rings is 1. The van der Waals surface area contributed by atoms with Gasteiger partial charge in [0.1, 0.15) is 18.1 Å². The summed E-state index contributed by atoms with van der Waals surface area (Å²) in [4.78, 5) is 32.9. The van der Waals surface area contributed by atoms with Crippen LogP contribution >= 0.6 is 11.3 Å². The number of amides is 2. The smallest absolute Gasteiger partial charge is 0.264 e. The highest BCUT2D eigenvalue weighted by Gasteiger charge is 2.24. The summed E-state index contributed by atoms with van der Waals surface area (Å²) < 4.78 is 24.3. The molecule has 0 saturated carbocycles. The van der Waals surface area contributed by atoms with Crippen molar-refractivity contribution in [3.05, 3.63) is 82.2 Å². The van der Waals surface area contributed by atoms with Crippen LogP contribution in [0.3, 0.4) is 0 Å². The lowest BCUT2D eigenvalue weighted by molar-refractivity contribution is -0.133. The molecule has 2 aromatic heterocycles. The van der Waals surface area contributed by atoms with Gasteiger partial charge in [-0.1, -0.05) is 18.2 Å². The first-order chi connectivity index (χ1) is 17.1. The molecule has 0 aliphatic carbocycles. The maximum Gasteiger partial charge on any atom is 0.264 e. The van der Waals surface area contributed by atoms with Crippen molar-refractivity contribution in [3.8, 4) is 0 Å². The molecule has 7 nitrogen and oxygen atoms in total. The van der Waals surface area contributed by atoms with Gasteiger partial charge in [-0.3, -0.25) is 14.5 Å². The Hall–Kier alpha value is -3.01. The summed E-state index contributed by atoms with van der Waals surface area (Å²) in [6.07, 6.45) is 2.33. The minimum absolute atomic E-state index is 0.0399. The number of morpholine rings is 1. The predicted octanol–water partition coefficient (Wildman–Crippen LogP) is 3.87. The molecule has 0 spiro atoms. The van der Waals surface area contributed by atoms with E-state index < -0.39 is 0 Å². The lowest BCUT2D eigenvalue weighted by atomic mass is 10.2. The second kappa shape index (κ2) is 12.6. The summed E-state index contributed by atoms with van der Waals surface area (Å²) in [6, 6.07) is 13.3. The lowest BCUT2D eigenvalue weighted by Gasteiger charge is -2.29. The van der Waals surface area contributed by atoms with E-state index >= 15 is 0 Å². The normalized spacial score (nSPS) is 14.1. The maximum absolute atomic E-state index is 13.5. The third kappa shape index (κ3) is 7.48. The molecule has 1 aliphatic heterocycles. The summed E-state index contributed by atoms with van der Waals surface area (Å²) in [5, 5.41) is 1.86. The zero-order chi connectivity index (χ0) is 24.5. The van der Waals surface area contributed by atoms with Gasteiger partial charge in [0.25, 0.3) is 5.91 Å². The van der Waals surface area contributed by atoms with Crippen LogP contribution in [0.1, 0.15) is 27.4 Å². The second-order valence-electron chi connectivity index (χ2n) is 8.47. The van der Waals surface area contributed by atoms with Crippen molar-refractivity contribution in [1.82, 2.24) is 14.7 Å². The number of ether oxygens (including phenoxy) is 1. The van der Waals surface area contributed by atoms with Crippen molar-refractivity contribution in [1.29, 1.82) is 0 Å². The van der Waals surface area contributed by atoms with Crippen molar-refractivity contribution < 1.29 is 23.1 Å². The van der Waals surface area contributed by atoms with Crippen LogP contribution in [0.5, 0.6) is 0 Å². The maximum atomic E-state index is 13.5. The molecule has 3 aromatic rings. The third-order valence-electron chi connectivity index (χ3n) is 5.92. The van der Waals surface area contributed by atoms with Gasteiger partial charge >= 0.3 is 0 Å². The predicted molar refractivity (Wildman–Crippen MR) is 131 cm³/mol. The molecule has 2 amide bonds. The van der Waals surface area contributed by atoms with Crippen LogP contribution in [-0.4, -0.2) is 72.5 Å². The Morgan fingerprint density at radius 1 is 1.00 bits per heavy atom. The Balaban J connectivity index is 1.45. The summed E-state index contributed by atoms with van der Waals surface area (Å²) in [5.74, 6) is -0.0216. The molecule has 0 unspecified atom stereocenters. The number of nitrogens with zero attached hydrogens (tertiary/aromatic N) is 3. The molecule has 0 radical (unpaired) electrons. The lowest BCUT2D eigenvalue weighted by Crippen LogP contribution is -2.44. The van der Waals surface area contributed by atoms with E-state index in [4.69, 9.17) is 9.15 Å². The third-order valence-corrected chi connectivity index (χ3v) is 6.78. The number of carbonyl (C=O) groups excluding carboxylic acids is 2. The molecule has 186 valence electrons. The van der Waals surface area contributed by atoms with Crippen LogP contribution in [0, 0.1) is 5.82 Å². The Bertz CT molecular complexity index is 1050. The summed E-state index contributed by atoms with van der Waals surface area (Å²) in [5.41, 5.74) is 0.801. The Labute approximate surface area is 208 Å². The fraction of sp³-hybridized carbons (Fsp3) is 0.385. The van der Waals surface area contributed by atoms with Crippen molar-refractivity contribution in [2.75, 3.05) is 45.9 Å². The Morgan fingerprint density at radius 2 is 1.80 bits per heavy atom. The molecule has 1 aliphatic rings. The van der Waals surface area contributed by atoms with E-state index in [1.807, 2.05) is 17.5 Å². The van der Waals surface area contributed by atoms with E-state index in [0.717, 1.165) is 44.8 Å². The molecule has 0 N–H and O–H groups in total. The van der Waals surface area contributed by atoms with Crippen LogP contribution in [0.25, 0.3) is 0 Å².